The number of hydrogen-bond acceptors (Lipinski definition) is 3. The summed E-state index contributed by atoms with van der Waals surface area (Å²) in [5.74, 6) is 1.53. The highest BCUT2D eigenvalue weighted by molar-refractivity contribution is 6.32. The summed E-state index contributed by atoms with van der Waals surface area (Å²) in [7, 11) is 0. The summed E-state index contributed by atoms with van der Waals surface area (Å²) in [6.07, 6.45) is 1.51. The van der Waals surface area contributed by atoms with Crippen molar-refractivity contribution in [2.24, 2.45) is 0 Å². The van der Waals surface area contributed by atoms with Crippen molar-refractivity contribution in [3.05, 3.63) is 94.2 Å². The Labute approximate surface area is 196 Å². The van der Waals surface area contributed by atoms with Crippen molar-refractivity contribution in [3.63, 3.8) is 0 Å². The second kappa shape index (κ2) is 10.5. The van der Waals surface area contributed by atoms with Crippen molar-refractivity contribution < 1.29 is 9.53 Å². The summed E-state index contributed by atoms with van der Waals surface area (Å²) in [4.78, 5) is 17.1. The van der Waals surface area contributed by atoms with Crippen LogP contribution in [0.4, 0.5) is 0 Å². The van der Waals surface area contributed by atoms with Gasteiger partial charge in [-0.15, -0.1) is 0 Å². The molecule has 1 N–H and O–H groups in total. The van der Waals surface area contributed by atoms with E-state index in [4.69, 9.17) is 32.9 Å². The minimum absolute atomic E-state index is 0.108. The van der Waals surface area contributed by atoms with Crippen molar-refractivity contribution in [3.8, 4) is 5.75 Å². The molecule has 0 atom stereocenters. The molecule has 1 amide bonds. The lowest BCUT2D eigenvalue weighted by Gasteiger charge is -2.12. The maximum absolute atomic E-state index is 12.3. The number of imidazole rings is 1. The molecule has 1 heterocycles. The van der Waals surface area contributed by atoms with E-state index in [1.54, 1.807) is 24.3 Å². The van der Waals surface area contributed by atoms with Crippen molar-refractivity contribution in [1.29, 1.82) is 0 Å². The largest absolute Gasteiger partial charge is 0.490 e. The third kappa shape index (κ3) is 5.42. The molecular formula is C25H23Cl2N3O2. The lowest BCUT2D eigenvalue weighted by atomic mass is 10.2. The van der Waals surface area contributed by atoms with E-state index in [1.807, 2.05) is 42.5 Å². The molecule has 1 aromatic heterocycles. The van der Waals surface area contributed by atoms with Crippen LogP contribution in [0.3, 0.4) is 0 Å². The molecule has 5 nitrogen and oxygen atoms in total. The molecule has 0 saturated carbocycles. The normalized spacial score (nSPS) is 10.9. The summed E-state index contributed by atoms with van der Waals surface area (Å²) >= 11 is 12.1. The predicted octanol–water partition coefficient (Wildman–Crippen LogP) is 5.78. The Morgan fingerprint density at radius 1 is 0.969 bits per heavy atom. The molecule has 164 valence electrons. The van der Waals surface area contributed by atoms with Crippen LogP contribution in [0.1, 0.15) is 22.6 Å². The lowest BCUT2D eigenvalue weighted by molar-refractivity contribution is 0.0953. The average molecular weight is 468 g/mol. The number of halogens is 2. The van der Waals surface area contributed by atoms with E-state index < -0.39 is 0 Å². The van der Waals surface area contributed by atoms with Crippen molar-refractivity contribution in [2.45, 2.75) is 19.4 Å². The van der Waals surface area contributed by atoms with E-state index in [9.17, 15) is 4.79 Å². The van der Waals surface area contributed by atoms with Gasteiger partial charge < -0.3 is 14.6 Å². The summed E-state index contributed by atoms with van der Waals surface area (Å²) < 4.78 is 8.06. The molecule has 3 aromatic carbocycles. The van der Waals surface area contributed by atoms with E-state index >= 15 is 0 Å². The maximum atomic E-state index is 12.3. The van der Waals surface area contributed by atoms with Gasteiger partial charge in [0, 0.05) is 23.6 Å². The van der Waals surface area contributed by atoms with Crippen LogP contribution in [0.25, 0.3) is 11.0 Å². The second-order valence-corrected chi connectivity index (χ2v) is 8.16. The summed E-state index contributed by atoms with van der Waals surface area (Å²) in [6.45, 7) is 1.68. The molecule has 7 heteroatoms. The fourth-order valence-electron chi connectivity index (χ4n) is 3.53. The van der Waals surface area contributed by atoms with Gasteiger partial charge in [-0.2, -0.15) is 0 Å². The zero-order valence-electron chi connectivity index (χ0n) is 17.4. The molecule has 0 saturated heterocycles. The monoisotopic (exact) mass is 467 g/mol. The number of carbonyl (C=O) groups is 1. The van der Waals surface area contributed by atoms with E-state index in [0.717, 1.165) is 29.7 Å². The number of aryl methyl sites for hydroxylation is 1. The molecule has 0 spiro atoms. The van der Waals surface area contributed by atoms with Crippen LogP contribution in [0, 0.1) is 0 Å². The van der Waals surface area contributed by atoms with Gasteiger partial charge in [-0.25, -0.2) is 4.98 Å². The number of benzene rings is 3. The van der Waals surface area contributed by atoms with Crippen LogP contribution in [-0.4, -0.2) is 28.6 Å². The lowest BCUT2D eigenvalue weighted by Crippen LogP contribution is -2.25. The number of rotatable bonds is 9. The van der Waals surface area contributed by atoms with Gasteiger partial charge >= 0.3 is 0 Å². The van der Waals surface area contributed by atoms with Gasteiger partial charge in [0.2, 0.25) is 0 Å². The summed E-state index contributed by atoms with van der Waals surface area (Å²) in [5, 5.41) is 4.16. The quantitative estimate of drug-likeness (QED) is 0.317. The van der Waals surface area contributed by atoms with Gasteiger partial charge in [0.25, 0.3) is 5.91 Å². The van der Waals surface area contributed by atoms with E-state index in [1.165, 1.54) is 0 Å². The van der Waals surface area contributed by atoms with Gasteiger partial charge in [0.15, 0.2) is 0 Å². The smallest absolute Gasteiger partial charge is 0.251 e. The second-order valence-electron chi connectivity index (χ2n) is 7.31. The highest BCUT2D eigenvalue weighted by Gasteiger charge is 2.11. The van der Waals surface area contributed by atoms with Gasteiger partial charge in [-0.3, -0.25) is 4.79 Å². The molecule has 32 heavy (non-hydrogen) atoms. The topological polar surface area (TPSA) is 56.2 Å². The van der Waals surface area contributed by atoms with Gasteiger partial charge in [0.1, 0.15) is 18.2 Å². The number of nitrogens with one attached hydrogen (secondary N) is 1. The first-order chi connectivity index (χ1) is 15.6. The Bertz CT molecular complexity index is 1210. The number of aromatic nitrogens is 2. The third-order valence-corrected chi connectivity index (χ3v) is 5.68. The van der Waals surface area contributed by atoms with Gasteiger partial charge in [-0.05, 0) is 55.0 Å². The SMILES string of the molecule is O=C(NCCCc1nc2ccccc2n1CCOc1ccccc1Cl)c1ccc(Cl)cc1. The molecular weight excluding hydrogens is 445 g/mol. The summed E-state index contributed by atoms with van der Waals surface area (Å²) in [5.41, 5.74) is 2.61. The van der Waals surface area contributed by atoms with Crippen molar-refractivity contribution >= 4 is 40.1 Å². The maximum Gasteiger partial charge on any atom is 0.251 e. The molecule has 0 aliphatic heterocycles. The first kappa shape index (κ1) is 22.2. The fraction of sp³-hybridized carbons (Fsp3) is 0.200. The number of nitrogens with zero attached hydrogens (tertiary/aromatic N) is 2. The van der Waals surface area contributed by atoms with Crippen LogP contribution in [-0.2, 0) is 13.0 Å². The van der Waals surface area contributed by atoms with Gasteiger partial charge in [0.05, 0.1) is 22.6 Å². The average Bonchev–Trinajstić information content (AvgIpc) is 3.16. The molecule has 0 radical (unpaired) electrons. The molecule has 4 aromatic rings. The zero-order chi connectivity index (χ0) is 22.3. The zero-order valence-corrected chi connectivity index (χ0v) is 18.9. The van der Waals surface area contributed by atoms with Crippen LogP contribution in [0.5, 0.6) is 5.75 Å². The Kier molecular flexibility index (Phi) is 7.30. The first-order valence-electron chi connectivity index (χ1n) is 10.5. The number of hydrogen-bond donors (Lipinski definition) is 1. The van der Waals surface area contributed by atoms with E-state index in [2.05, 4.69) is 16.0 Å². The fourth-order valence-corrected chi connectivity index (χ4v) is 3.84. The van der Waals surface area contributed by atoms with Crippen LogP contribution >= 0.6 is 23.2 Å². The van der Waals surface area contributed by atoms with Gasteiger partial charge in [-0.1, -0.05) is 47.5 Å². The Hall–Kier alpha value is -3.02. The molecule has 4 rings (SSSR count). The minimum Gasteiger partial charge on any atom is -0.490 e. The third-order valence-electron chi connectivity index (χ3n) is 5.11. The molecule has 0 aliphatic carbocycles. The van der Waals surface area contributed by atoms with Crippen LogP contribution < -0.4 is 10.1 Å². The highest BCUT2D eigenvalue weighted by Crippen LogP contribution is 2.23. The first-order valence-corrected chi connectivity index (χ1v) is 11.2. The number of para-hydroxylation sites is 3. The van der Waals surface area contributed by atoms with Crippen molar-refractivity contribution in [2.75, 3.05) is 13.2 Å². The number of ether oxygens (including phenoxy) is 1. The number of carbonyl (C=O) groups excluding carboxylic acids is 1. The Balaban J connectivity index is 1.37. The number of fused-ring (bicyclic) bond motifs is 1. The predicted molar refractivity (Wildman–Crippen MR) is 129 cm³/mol. The Morgan fingerprint density at radius 3 is 2.53 bits per heavy atom. The number of amides is 1. The highest BCUT2D eigenvalue weighted by atomic mass is 35.5. The van der Waals surface area contributed by atoms with E-state index in [-0.39, 0.29) is 5.91 Å². The van der Waals surface area contributed by atoms with Crippen molar-refractivity contribution in [1.82, 2.24) is 14.9 Å². The molecule has 0 fully saturated rings. The molecule has 0 unspecified atom stereocenters. The molecule has 0 bridgehead atoms. The minimum atomic E-state index is -0.108. The van der Waals surface area contributed by atoms with E-state index in [0.29, 0.717) is 41.1 Å². The van der Waals surface area contributed by atoms with Crippen LogP contribution in [0.2, 0.25) is 10.0 Å². The Morgan fingerprint density at radius 2 is 1.72 bits per heavy atom. The van der Waals surface area contributed by atoms with Crippen LogP contribution in [0.15, 0.2) is 72.8 Å². The molecule has 0 aliphatic rings. The standard InChI is InChI=1S/C25H23Cl2N3O2/c26-19-13-11-18(12-14-19)25(31)28-15-5-10-24-29-21-7-2-3-8-22(21)30(24)16-17-32-23-9-4-1-6-20(23)27/h1-4,6-9,11-14H,5,10,15-17H2,(H,28,31). The summed E-state index contributed by atoms with van der Waals surface area (Å²) in [6, 6.07) is 22.4.